The Balaban J connectivity index is 1.74. The average molecular weight is 323 g/mol. The first kappa shape index (κ1) is 16.4. The molecule has 0 aromatic heterocycles. The summed E-state index contributed by atoms with van der Waals surface area (Å²) in [6.07, 6.45) is 0.615. The maximum atomic E-state index is 12.7. The Hall–Kier alpha value is -2.46. The summed E-state index contributed by atoms with van der Waals surface area (Å²) in [4.78, 5) is 26.7. The predicted molar refractivity (Wildman–Crippen MR) is 91.6 cm³/mol. The molecule has 2 aromatic rings. The molecule has 1 heterocycles. The van der Waals surface area contributed by atoms with Gasteiger partial charge in [-0.1, -0.05) is 60.7 Å². The van der Waals surface area contributed by atoms with E-state index in [0.29, 0.717) is 19.5 Å². The van der Waals surface area contributed by atoms with E-state index in [2.05, 4.69) is 0 Å². The van der Waals surface area contributed by atoms with Crippen LogP contribution in [0.5, 0.6) is 0 Å². The number of Topliss-reactive ketones (excluding diaryl/α,β-unsaturated/α-hetero) is 1. The van der Waals surface area contributed by atoms with Crippen molar-refractivity contribution in [2.24, 2.45) is 5.41 Å². The third-order valence-corrected chi connectivity index (χ3v) is 4.76. The van der Waals surface area contributed by atoms with Crippen molar-refractivity contribution in [2.45, 2.75) is 19.4 Å². The van der Waals surface area contributed by atoms with Gasteiger partial charge < -0.3 is 5.11 Å². The summed E-state index contributed by atoms with van der Waals surface area (Å²) in [6.45, 7) is 1.47. The topological polar surface area (TPSA) is 57.6 Å². The highest BCUT2D eigenvalue weighted by molar-refractivity contribution is 6.04. The van der Waals surface area contributed by atoms with Crippen molar-refractivity contribution in [3.63, 3.8) is 0 Å². The molecule has 1 N–H and O–H groups in total. The van der Waals surface area contributed by atoms with Crippen LogP contribution in [0.2, 0.25) is 0 Å². The number of piperidine rings is 1. The van der Waals surface area contributed by atoms with Crippen molar-refractivity contribution in [2.75, 3.05) is 13.1 Å². The summed E-state index contributed by atoms with van der Waals surface area (Å²) in [7, 11) is 0. The zero-order chi connectivity index (χ0) is 17.0. The van der Waals surface area contributed by atoms with Gasteiger partial charge >= 0.3 is 5.97 Å². The summed E-state index contributed by atoms with van der Waals surface area (Å²) >= 11 is 0. The van der Waals surface area contributed by atoms with E-state index in [1.807, 2.05) is 65.6 Å². The molecule has 4 heteroatoms. The van der Waals surface area contributed by atoms with E-state index in [1.165, 1.54) is 0 Å². The molecule has 0 bridgehead atoms. The summed E-state index contributed by atoms with van der Waals surface area (Å²) in [5, 5.41) is 9.76. The van der Waals surface area contributed by atoms with E-state index in [0.717, 1.165) is 11.1 Å². The number of hydrogen-bond donors (Lipinski definition) is 1. The molecule has 0 saturated carbocycles. The lowest BCUT2D eigenvalue weighted by molar-refractivity contribution is -0.158. The lowest BCUT2D eigenvalue weighted by Crippen LogP contribution is -2.52. The number of carbonyl (C=O) groups excluding carboxylic acids is 1. The lowest BCUT2D eigenvalue weighted by Gasteiger charge is -2.37. The second-order valence-corrected chi connectivity index (χ2v) is 6.42. The summed E-state index contributed by atoms with van der Waals surface area (Å²) < 4.78 is 0. The largest absolute Gasteiger partial charge is 0.480 e. The predicted octanol–water partition coefficient (Wildman–Crippen LogP) is 2.78. The van der Waals surface area contributed by atoms with Crippen molar-refractivity contribution in [1.82, 2.24) is 4.90 Å². The Morgan fingerprint density at radius 3 is 2.12 bits per heavy atom. The molecule has 0 spiro atoms. The number of carboxylic acids is 1. The van der Waals surface area contributed by atoms with Gasteiger partial charge in [0, 0.05) is 13.1 Å². The van der Waals surface area contributed by atoms with Crippen molar-refractivity contribution < 1.29 is 14.7 Å². The fourth-order valence-electron chi connectivity index (χ4n) is 3.33. The molecule has 24 heavy (non-hydrogen) atoms. The Bertz CT molecular complexity index is 714. The van der Waals surface area contributed by atoms with Gasteiger partial charge in [-0.2, -0.15) is 0 Å². The number of benzene rings is 2. The fourth-order valence-corrected chi connectivity index (χ4v) is 3.33. The molecule has 0 aliphatic carbocycles. The fraction of sp³-hybridized carbons (Fsp3) is 0.300. The SMILES string of the molecule is O=C(O)C1(Cc2ccccc2)CCN(Cc2ccccc2)CC1=O. The van der Waals surface area contributed by atoms with Crippen LogP contribution >= 0.6 is 0 Å². The first-order valence-electron chi connectivity index (χ1n) is 8.17. The molecule has 0 radical (unpaired) electrons. The number of nitrogens with zero attached hydrogens (tertiary/aromatic N) is 1. The molecule has 124 valence electrons. The molecule has 0 amide bonds. The van der Waals surface area contributed by atoms with Gasteiger partial charge in [0.05, 0.1) is 6.54 Å². The molecular weight excluding hydrogens is 302 g/mol. The average Bonchev–Trinajstić information content (AvgIpc) is 2.59. The smallest absolute Gasteiger partial charge is 0.317 e. The molecule has 1 fully saturated rings. The summed E-state index contributed by atoms with van der Waals surface area (Å²) in [5.41, 5.74) is 0.732. The zero-order valence-corrected chi connectivity index (χ0v) is 13.5. The minimum Gasteiger partial charge on any atom is -0.480 e. The van der Waals surface area contributed by atoms with E-state index < -0.39 is 11.4 Å². The highest BCUT2D eigenvalue weighted by Gasteiger charge is 2.48. The summed E-state index contributed by atoms with van der Waals surface area (Å²) in [6, 6.07) is 19.3. The Morgan fingerprint density at radius 1 is 1.00 bits per heavy atom. The van der Waals surface area contributed by atoms with Gasteiger partial charge in [-0.25, -0.2) is 0 Å². The van der Waals surface area contributed by atoms with E-state index in [9.17, 15) is 14.7 Å². The minimum atomic E-state index is -1.30. The van der Waals surface area contributed by atoms with E-state index in [1.54, 1.807) is 0 Å². The van der Waals surface area contributed by atoms with Crippen LogP contribution in [0.3, 0.4) is 0 Å². The van der Waals surface area contributed by atoms with Crippen LogP contribution in [0.25, 0.3) is 0 Å². The maximum absolute atomic E-state index is 12.7. The Morgan fingerprint density at radius 2 is 1.58 bits per heavy atom. The molecule has 1 aliphatic rings. The molecular formula is C20H21NO3. The van der Waals surface area contributed by atoms with E-state index >= 15 is 0 Å². The Labute approximate surface area is 141 Å². The number of rotatable bonds is 5. The molecule has 1 unspecified atom stereocenters. The van der Waals surface area contributed by atoms with Crippen molar-refractivity contribution in [3.05, 3.63) is 71.8 Å². The minimum absolute atomic E-state index is 0.189. The molecule has 1 aliphatic heterocycles. The number of likely N-dealkylation sites (tertiary alicyclic amines) is 1. The van der Waals surface area contributed by atoms with Crippen molar-refractivity contribution in [3.8, 4) is 0 Å². The molecule has 2 aromatic carbocycles. The van der Waals surface area contributed by atoms with Crippen LogP contribution < -0.4 is 0 Å². The second-order valence-electron chi connectivity index (χ2n) is 6.42. The van der Waals surface area contributed by atoms with Gasteiger partial charge in [0.25, 0.3) is 0 Å². The number of carboxylic acid groups (broad SMARTS) is 1. The van der Waals surface area contributed by atoms with E-state index in [-0.39, 0.29) is 18.7 Å². The highest BCUT2D eigenvalue weighted by atomic mass is 16.4. The van der Waals surface area contributed by atoms with Crippen LogP contribution in [0.15, 0.2) is 60.7 Å². The highest BCUT2D eigenvalue weighted by Crippen LogP contribution is 2.33. The molecule has 1 atom stereocenters. The van der Waals surface area contributed by atoms with E-state index in [4.69, 9.17) is 0 Å². The number of hydrogen-bond acceptors (Lipinski definition) is 3. The third-order valence-electron chi connectivity index (χ3n) is 4.76. The van der Waals surface area contributed by atoms with Crippen LogP contribution in [0.4, 0.5) is 0 Å². The maximum Gasteiger partial charge on any atom is 0.317 e. The zero-order valence-electron chi connectivity index (χ0n) is 13.5. The van der Waals surface area contributed by atoms with Crippen molar-refractivity contribution >= 4 is 11.8 Å². The number of aliphatic carboxylic acids is 1. The van der Waals surface area contributed by atoms with Gasteiger partial charge in [-0.15, -0.1) is 0 Å². The van der Waals surface area contributed by atoms with Crippen LogP contribution in [-0.2, 0) is 22.6 Å². The van der Waals surface area contributed by atoms with Gasteiger partial charge in [0.1, 0.15) is 5.41 Å². The monoisotopic (exact) mass is 323 g/mol. The third kappa shape index (κ3) is 3.39. The number of ketones is 1. The standard InChI is InChI=1S/C20H21NO3/c22-18-15-21(14-17-9-5-2-6-10-17)12-11-20(18,19(23)24)13-16-7-3-1-4-8-16/h1-10H,11-15H2,(H,23,24). The second kappa shape index (κ2) is 6.97. The van der Waals surface area contributed by atoms with Gasteiger partial charge in [-0.3, -0.25) is 14.5 Å². The normalized spacial score (nSPS) is 21.6. The molecule has 1 saturated heterocycles. The van der Waals surface area contributed by atoms with Crippen molar-refractivity contribution in [1.29, 1.82) is 0 Å². The summed E-state index contributed by atoms with van der Waals surface area (Å²) in [5.74, 6) is -1.20. The van der Waals surface area contributed by atoms with Crippen LogP contribution in [0, 0.1) is 5.41 Å². The number of carbonyl (C=O) groups is 2. The quantitative estimate of drug-likeness (QED) is 0.860. The van der Waals surface area contributed by atoms with Crippen LogP contribution in [0.1, 0.15) is 17.5 Å². The first-order chi connectivity index (χ1) is 11.6. The van der Waals surface area contributed by atoms with Crippen LogP contribution in [-0.4, -0.2) is 34.8 Å². The first-order valence-corrected chi connectivity index (χ1v) is 8.17. The molecule has 3 rings (SSSR count). The molecule has 4 nitrogen and oxygen atoms in total. The lowest BCUT2D eigenvalue weighted by atomic mass is 9.73. The Kier molecular flexibility index (Phi) is 4.76. The van der Waals surface area contributed by atoms with Gasteiger partial charge in [0.15, 0.2) is 5.78 Å². The van der Waals surface area contributed by atoms with Gasteiger partial charge in [-0.05, 0) is 24.0 Å². The van der Waals surface area contributed by atoms with Gasteiger partial charge in [0.2, 0.25) is 0 Å².